The van der Waals surface area contributed by atoms with Crippen molar-refractivity contribution in [3.8, 4) is 17.2 Å². The maximum Gasteiger partial charge on any atom is 0.0992 e. The van der Waals surface area contributed by atoms with Gasteiger partial charge in [0.15, 0.2) is 0 Å². The molecule has 0 N–H and O–H groups in total. The fourth-order valence-corrected chi connectivity index (χ4v) is 1.98. The van der Waals surface area contributed by atoms with Crippen LogP contribution in [0.3, 0.4) is 0 Å². The van der Waals surface area contributed by atoms with Crippen molar-refractivity contribution in [1.82, 2.24) is 0 Å². The van der Waals surface area contributed by atoms with Crippen LogP contribution in [0, 0.1) is 11.3 Å². The average Bonchev–Trinajstić information content (AvgIpc) is 2.28. The molecule has 0 aliphatic carbocycles. The van der Waals surface area contributed by atoms with Gasteiger partial charge in [-0.05, 0) is 29.8 Å². The number of rotatable bonds is 1. The van der Waals surface area contributed by atoms with E-state index in [-0.39, 0.29) is 0 Å². The van der Waals surface area contributed by atoms with Gasteiger partial charge in [0.05, 0.1) is 11.6 Å². The van der Waals surface area contributed by atoms with Crippen molar-refractivity contribution in [1.29, 1.82) is 5.26 Å². The zero-order valence-corrected chi connectivity index (χ0v) is 9.76. The Hall–Kier alpha value is -1.49. The van der Waals surface area contributed by atoms with Crippen LogP contribution in [0.25, 0.3) is 11.1 Å². The summed E-state index contributed by atoms with van der Waals surface area (Å²) in [6.45, 7) is 0. The minimum absolute atomic E-state index is 0.530. The van der Waals surface area contributed by atoms with Crippen LogP contribution in [0.5, 0.6) is 0 Å². The summed E-state index contributed by atoms with van der Waals surface area (Å²) < 4.78 is 0. The minimum Gasteiger partial charge on any atom is -0.192 e. The molecule has 0 aromatic heterocycles. The normalized spacial score (nSPS) is 9.81. The van der Waals surface area contributed by atoms with Crippen LogP contribution < -0.4 is 0 Å². The molecule has 0 aliphatic rings. The van der Waals surface area contributed by atoms with Crippen LogP contribution in [-0.2, 0) is 0 Å². The van der Waals surface area contributed by atoms with Gasteiger partial charge < -0.3 is 0 Å². The van der Waals surface area contributed by atoms with Crippen molar-refractivity contribution in [2.24, 2.45) is 0 Å². The van der Waals surface area contributed by atoms with Crippen molar-refractivity contribution < 1.29 is 0 Å². The molecule has 16 heavy (non-hydrogen) atoms. The molecule has 0 saturated heterocycles. The maximum absolute atomic E-state index is 8.86. The van der Waals surface area contributed by atoms with Crippen LogP contribution >= 0.6 is 23.2 Å². The van der Waals surface area contributed by atoms with Gasteiger partial charge in [-0.25, -0.2) is 0 Å². The lowest BCUT2D eigenvalue weighted by Gasteiger charge is -2.05. The highest BCUT2D eigenvalue weighted by molar-refractivity contribution is 6.33. The molecule has 0 heterocycles. The molecule has 0 saturated carbocycles. The number of hydrogen-bond donors (Lipinski definition) is 0. The first-order valence-electron chi connectivity index (χ1n) is 4.66. The predicted molar refractivity (Wildman–Crippen MR) is 66.6 cm³/mol. The molecule has 1 nitrogen and oxygen atoms in total. The van der Waals surface area contributed by atoms with E-state index in [0.29, 0.717) is 15.6 Å². The maximum atomic E-state index is 8.86. The third kappa shape index (κ3) is 2.19. The van der Waals surface area contributed by atoms with Crippen LogP contribution in [0.4, 0.5) is 0 Å². The van der Waals surface area contributed by atoms with Gasteiger partial charge in [0.25, 0.3) is 0 Å². The summed E-state index contributed by atoms with van der Waals surface area (Å²) >= 11 is 12.0. The van der Waals surface area contributed by atoms with E-state index in [1.807, 2.05) is 24.3 Å². The molecule has 0 unspecified atom stereocenters. The average molecular weight is 248 g/mol. The summed E-state index contributed by atoms with van der Waals surface area (Å²) in [6, 6.07) is 14.7. The molecule has 0 atom stereocenters. The van der Waals surface area contributed by atoms with Crippen LogP contribution in [0.1, 0.15) is 5.56 Å². The zero-order chi connectivity index (χ0) is 11.5. The molecule has 0 aliphatic heterocycles. The van der Waals surface area contributed by atoms with E-state index >= 15 is 0 Å². The Bertz CT molecular complexity index is 570. The van der Waals surface area contributed by atoms with Crippen molar-refractivity contribution in [3.63, 3.8) is 0 Å². The van der Waals surface area contributed by atoms with Crippen LogP contribution in [0.15, 0.2) is 42.5 Å². The van der Waals surface area contributed by atoms with Crippen LogP contribution in [-0.4, -0.2) is 0 Å². The van der Waals surface area contributed by atoms with Gasteiger partial charge in [-0.2, -0.15) is 5.26 Å². The summed E-state index contributed by atoms with van der Waals surface area (Å²) in [5, 5.41) is 10.0. The summed E-state index contributed by atoms with van der Waals surface area (Å²) in [7, 11) is 0. The quantitative estimate of drug-likeness (QED) is 0.727. The first-order valence-corrected chi connectivity index (χ1v) is 5.42. The summed E-state index contributed by atoms with van der Waals surface area (Å²) in [6.07, 6.45) is 0. The van der Waals surface area contributed by atoms with Crippen molar-refractivity contribution in [2.75, 3.05) is 0 Å². The second-order valence-corrected chi connectivity index (χ2v) is 4.16. The molecule has 0 fully saturated rings. The molecule has 0 bridgehead atoms. The van der Waals surface area contributed by atoms with Crippen molar-refractivity contribution in [3.05, 3.63) is 58.1 Å². The predicted octanol–water partition coefficient (Wildman–Crippen LogP) is 4.53. The van der Waals surface area contributed by atoms with Gasteiger partial charge in [-0.1, -0.05) is 41.4 Å². The van der Waals surface area contributed by atoms with E-state index < -0.39 is 0 Å². The highest BCUT2D eigenvalue weighted by Crippen LogP contribution is 2.30. The van der Waals surface area contributed by atoms with E-state index in [1.54, 1.807) is 18.2 Å². The first kappa shape index (κ1) is 11.0. The molecule has 0 radical (unpaired) electrons. The summed E-state index contributed by atoms with van der Waals surface area (Å²) in [5.41, 5.74) is 2.26. The summed E-state index contributed by atoms with van der Waals surface area (Å²) in [5.74, 6) is 0. The molecule has 2 rings (SSSR count). The van der Waals surface area contributed by atoms with Gasteiger partial charge in [0, 0.05) is 15.6 Å². The smallest absolute Gasteiger partial charge is 0.0992 e. The van der Waals surface area contributed by atoms with Gasteiger partial charge in [-0.15, -0.1) is 0 Å². The lowest BCUT2D eigenvalue weighted by atomic mass is 10.0. The molecule has 3 heteroatoms. The van der Waals surface area contributed by atoms with E-state index in [0.717, 1.165) is 11.1 Å². The van der Waals surface area contributed by atoms with Crippen molar-refractivity contribution in [2.45, 2.75) is 0 Å². The molecule has 0 amide bonds. The Morgan fingerprint density at radius 2 is 1.75 bits per heavy atom. The van der Waals surface area contributed by atoms with Crippen LogP contribution in [0.2, 0.25) is 10.0 Å². The molecule has 78 valence electrons. The SMILES string of the molecule is N#Cc1cc(Cl)cc(-c2ccccc2Cl)c1. The topological polar surface area (TPSA) is 23.8 Å². The lowest BCUT2D eigenvalue weighted by molar-refractivity contribution is 1.48. The monoisotopic (exact) mass is 247 g/mol. The number of hydrogen-bond acceptors (Lipinski definition) is 1. The van der Waals surface area contributed by atoms with E-state index in [4.69, 9.17) is 28.5 Å². The zero-order valence-electron chi connectivity index (χ0n) is 8.24. The third-order valence-electron chi connectivity index (χ3n) is 2.21. The Kier molecular flexibility index (Phi) is 3.14. The van der Waals surface area contributed by atoms with Gasteiger partial charge in [0.2, 0.25) is 0 Å². The largest absolute Gasteiger partial charge is 0.192 e. The molecular formula is C13H7Cl2N. The van der Waals surface area contributed by atoms with Gasteiger partial charge >= 0.3 is 0 Å². The van der Waals surface area contributed by atoms with Gasteiger partial charge in [0.1, 0.15) is 0 Å². The van der Waals surface area contributed by atoms with E-state index in [2.05, 4.69) is 6.07 Å². The van der Waals surface area contributed by atoms with E-state index in [9.17, 15) is 0 Å². The summed E-state index contributed by atoms with van der Waals surface area (Å²) in [4.78, 5) is 0. The molecule has 0 spiro atoms. The Labute approximate surface area is 104 Å². The fraction of sp³-hybridized carbons (Fsp3) is 0. The number of nitriles is 1. The Morgan fingerprint density at radius 1 is 1.00 bits per heavy atom. The second kappa shape index (κ2) is 4.57. The standard InChI is InChI=1S/C13H7Cl2N/c14-11-6-9(8-16)5-10(7-11)12-3-1-2-4-13(12)15/h1-7H. The van der Waals surface area contributed by atoms with Gasteiger partial charge in [-0.3, -0.25) is 0 Å². The minimum atomic E-state index is 0.530. The van der Waals surface area contributed by atoms with E-state index in [1.165, 1.54) is 0 Å². The van der Waals surface area contributed by atoms with Crippen molar-refractivity contribution >= 4 is 23.2 Å². The third-order valence-corrected chi connectivity index (χ3v) is 2.76. The number of nitrogens with zero attached hydrogens (tertiary/aromatic N) is 1. The Morgan fingerprint density at radius 3 is 2.44 bits per heavy atom. The fourth-order valence-electron chi connectivity index (χ4n) is 1.51. The first-order chi connectivity index (χ1) is 7.70. The number of halogens is 2. The molecule has 2 aromatic rings. The Balaban J connectivity index is 2.61. The number of benzene rings is 2. The molecule has 2 aromatic carbocycles. The highest BCUT2D eigenvalue weighted by atomic mass is 35.5. The lowest BCUT2D eigenvalue weighted by Crippen LogP contribution is -1.82. The molecular weight excluding hydrogens is 241 g/mol. The highest BCUT2D eigenvalue weighted by Gasteiger charge is 2.05. The second-order valence-electron chi connectivity index (χ2n) is 3.32.